The van der Waals surface area contributed by atoms with Gasteiger partial charge >= 0.3 is 12.0 Å². The van der Waals surface area contributed by atoms with E-state index in [0.717, 1.165) is 0 Å². The Balaban J connectivity index is 4.19. The number of carboxylic acids is 1. The van der Waals surface area contributed by atoms with Gasteiger partial charge in [0.1, 0.15) is 6.61 Å². The van der Waals surface area contributed by atoms with Gasteiger partial charge in [0.15, 0.2) is 0 Å². The first kappa shape index (κ1) is 15.0. The molecule has 0 atom stereocenters. The van der Waals surface area contributed by atoms with Crippen LogP contribution < -0.4 is 5.11 Å². The van der Waals surface area contributed by atoms with Crippen LogP contribution in [0.15, 0.2) is 0 Å². The van der Waals surface area contributed by atoms with E-state index in [0.29, 0.717) is 0 Å². The van der Waals surface area contributed by atoms with E-state index in [4.69, 9.17) is 0 Å². The second kappa shape index (κ2) is 5.34. The maximum Gasteiger partial charge on any atom is 0.421 e. The lowest BCUT2D eigenvalue weighted by Crippen LogP contribution is -2.50. The van der Waals surface area contributed by atoms with Crippen LogP contribution in [0.4, 0.5) is 26.5 Å². The molecule has 0 aromatic heterocycles. The average molecular weight is 254 g/mol. The fourth-order valence-corrected chi connectivity index (χ4v) is 0.566. The summed E-state index contributed by atoms with van der Waals surface area (Å²) in [7, 11) is 0. The highest BCUT2D eigenvalue weighted by atomic mass is 19.4. The first-order valence-corrected chi connectivity index (χ1v) is 3.76. The Labute approximate surface area is 85.3 Å². The molecular formula is C6H6F6NO3-. The molecule has 0 aromatic rings. The molecule has 0 spiro atoms. The molecule has 16 heavy (non-hydrogen) atoms. The Morgan fingerprint density at radius 2 is 1.75 bits per heavy atom. The summed E-state index contributed by atoms with van der Waals surface area (Å²) in [6.45, 7) is -2.87. The van der Waals surface area contributed by atoms with E-state index in [-0.39, 0.29) is 0 Å². The van der Waals surface area contributed by atoms with Crippen molar-refractivity contribution < 1.29 is 41.2 Å². The Hall–Kier alpha value is -1.03. The predicted octanol–water partition coefficient (Wildman–Crippen LogP) is 0.442. The smallest absolute Gasteiger partial charge is 0.421 e. The van der Waals surface area contributed by atoms with Gasteiger partial charge in [-0.05, 0) is 0 Å². The number of carbonyl (C=O) groups is 1. The third-order valence-corrected chi connectivity index (χ3v) is 1.39. The molecule has 0 fully saturated rings. The summed E-state index contributed by atoms with van der Waals surface area (Å²) < 4.78 is 75.7. The molecule has 0 N–H and O–H groups in total. The van der Waals surface area contributed by atoms with Gasteiger partial charge in [-0.3, -0.25) is 0 Å². The monoisotopic (exact) mass is 254 g/mol. The van der Waals surface area contributed by atoms with Gasteiger partial charge in [-0.15, -0.1) is 0 Å². The first-order valence-electron chi connectivity index (χ1n) is 3.76. The van der Waals surface area contributed by atoms with Crippen LogP contribution >= 0.6 is 0 Å². The molecule has 0 aliphatic heterocycles. The zero-order valence-electron chi connectivity index (χ0n) is 7.56. The molecule has 0 heterocycles. The van der Waals surface area contributed by atoms with E-state index < -0.39 is 42.9 Å². The van der Waals surface area contributed by atoms with Crippen molar-refractivity contribution in [2.24, 2.45) is 0 Å². The number of halogens is 6. The van der Waals surface area contributed by atoms with Crippen molar-refractivity contribution in [2.75, 3.05) is 13.2 Å². The fourth-order valence-electron chi connectivity index (χ4n) is 0.566. The van der Waals surface area contributed by atoms with Gasteiger partial charge in [0.25, 0.3) is 0 Å². The number of aliphatic carboxylic acids is 1. The largest absolute Gasteiger partial charge is 0.550 e. The maximum absolute atomic E-state index is 12.4. The van der Waals surface area contributed by atoms with Gasteiger partial charge in [-0.2, -0.15) is 17.6 Å². The van der Waals surface area contributed by atoms with Crippen LogP contribution in [0.1, 0.15) is 6.42 Å². The predicted molar refractivity (Wildman–Crippen MR) is 34.4 cm³/mol. The second-order valence-electron chi connectivity index (χ2n) is 2.65. The molecule has 0 rings (SSSR count). The second-order valence-corrected chi connectivity index (χ2v) is 2.65. The van der Waals surface area contributed by atoms with Crippen molar-refractivity contribution in [2.45, 2.75) is 18.4 Å². The standard InChI is InChI=1S/C6H7F6NO3/c7-5(8,6(9,10)13(11)12)3-16-2-1-4(14)15/h1-3H2,(H,14,15)/p-1. The lowest BCUT2D eigenvalue weighted by Gasteiger charge is -2.25. The summed E-state index contributed by atoms with van der Waals surface area (Å²) in [6.07, 6.45) is -0.809. The molecule has 10 heteroatoms. The fraction of sp³-hybridized carbons (Fsp3) is 0.833. The normalized spacial score (nSPS) is 13.2. The summed E-state index contributed by atoms with van der Waals surface area (Å²) in [5.41, 5.74) is 0. The van der Waals surface area contributed by atoms with Gasteiger partial charge in [0.05, 0.1) is 12.0 Å². The number of hydrogen-bond acceptors (Lipinski definition) is 4. The van der Waals surface area contributed by atoms with Crippen molar-refractivity contribution in [3.05, 3.63) is 0 Å². The summed E-state index contributed by atoms with van der Waals surface area (Å²) in [5.74, 6) is -6.78. The Kier molecular flexibility index (Phi) is 5.00. The summed E-state index contributed by atoms with van der Waals surface area (Å²) >= 11 is 0. The first-order chi connectivity index (χ1) is 7.11. The van der Waals surface area contributed by atoms with E-state index in [9.17, 15) is 36.4 Å². The van der Waals surface area contributed by atoms with Crippen LogP contribution in [0.5, 0.6) is 0 Å². The summed E-state index contributed by atoms with van der Waals surface area (Å²) in [6, 6.07) is -5.69. The van der Waals surface area contributed by atoms with Crippen molar-refractivity contribution >= 4 is 5.97 Å². The summed E-state index contributed by atoms with van der Waals surface area (Å²) in [4.78, 5) is 9.77. The van der Waals surface area contributed by atoms with Crippen LogP contribution in [0.25, 0.3) is 0 Å². The van der Waals surface area contributed by atoms with Crippen LogP contribution in [0, 0.1) is 0 Å². The van der Waals surface area contributed by atoms with E-state index in [2.05, 4.69) is 4.74 Å². The van der Waals surface area contributed by atoms with Gasteiger partial charge in [0.2, 0.25) is 0 Å². The van der Waals surface area contributed by atoms with Crippen LogP contribution in [0.3, 0.4) is 0 Å². The van der Waals surface area contributed by atoms with Gasteiger partial charge in [-0.25, -0.2) is 0 Å². The SMILES string of the molecule is O=C([O-])CCOCC(F)(F)C(F)(F)N(F)F. The van der Waals surface area contributed by atoms with Crippen LogP contribution in [-0.4, -0.2) is 36.5 Å². The lowest BCUT2D eigenvalue weighted by molar-refractivity contribution is -0.404. The number of carbonyl (C=O) groups excluding carboxylic acids is 1. The van der Waals surface area contributed by atoms with Crippen LogP contribution in [0.2, 0.25) is 0 Å². The quantitative estimate of drug-likeness (QED) is 0.286. The van der Waals surface area contributed by atoms with E-state index in [1.165, 1.54) is 0 Å². The molecule has 0 amide bonds. The molecule has 96 valence electrons. The highest BCUT2D eigenvalue weighted by molar-refractivity contribution is 5.64. The van der Waals surface area contributed by atoms with Crippen LogP contribution in [-0.2, 0) is 9.53 Å². The Morgan fingerprint density at radius 1 is 1.25 bits per heavy atom. The number of nitrogens with zero attached hydrogens (tertiary/aromatic N) is 1. The highest BCUT2D eigenvalue weighted by Crippen LogP contribution is 2.37. The molecule has 0 radical (unpaired) electrons. The zero-order chi connectivity index (χ0) is 13.0. The minimum Gasteiger partial charge on any atom is -0.550 e. The molecule has 4 nitrogen and oxygen atoms in total. The van der Waals surface area contributed by atoms with Crippen molar-refractivity contribution in [3.63, 3.8) is 0 Å². The molecular weight excluding hydrogens is 248 g/mol. The highest BCUT2D eigenvalue weighted by Gasteiger charge is 2.63. The average Bonchev–Trinajstić information content (AvgIpc) is 2.11. The number of carboxylic acid groups (broad SMARTS) is 1. The molecule has 0 aromatic carbocycles. The maximum atomic E-state index is 12.4. The Morgan fingerprint density at radius 3 is 2.12 bits per heavy atom. The van der Waals surface area contributed by atoms with Gasteiger partial charge < -0.3 is 14.6 Å². The van der Waals surface area contributed by atoms with E-state index >= 15 is 0 Å². The molecule has 0 unspecified atom stereocenters. The van der Waals surface area contributed by atoms with Crippen molar-refractivity contribution in [1.82, 2.24) is 5.34 Å². The Bertz CT molecular complexity index is 246. The number of ether oxygens (including phenoxy) is 1. The molecule has 0 saturated heterocycles. The van der Waals surface area contributed by atoms with Gasteiger partial charge in [0, 0.05) is 12.4 Å². The summed E-state index contributed by atoms with van der Waals surface area (Å²) in [5, 5.41) is 6.84. The minimum atomic E-state index is -5.69. The van der Waals surface area contributed by atoms with Crippen molar-refractivity contribution in [3.8, 4) is 0 Å². The number of alkyl halides is 4. The molecule has 0 saturated carbocycles. The third kappa shape index (κ3) is 3.85. The molecule has 0 aliphatic rings. The zero-order valence-corrected chi connectivity index (χ0v) is 7.56. The lowest BCUT2D eigenvalue weighted by atomic mass is 10.3. The van der Waals surface area contributed by atoms with Crippen molar-refractivity contribution in [1.29, 1.82) is 0 Å². The topological polar surface area (TPSA) is 52.6 Å². The van der Waals surface area contributed by atoms with Gasteiger partial charge in [-0.1, -0.05) is 8.96 Å². The molecule has 0 bridgehead atoms. The number of hydrogen-bond donors (Lipinski definition) is 0. The molecule has 0 aliphatic carbocycles. The van der Waals surface area contributed by atoms with E-state index in [1.54, 1.807) is 0 Å². The minimum absolute atomic E-state index is 0.809. The van der Waals surface area contributed by atoms with E-state index in [1.807, 2.05) is 0 Å². The third-order valence-electron chi connectivity index (χ3n) is 1.39. The number of rotatable bonds is 7.